The van der Waals surface area contributed by atoms with Gasteiger partial charge in [-0.15, -0.1) is 0 Å². The Bertz CT molecular complexity index is 613. The molecule has 3 rings (SSSR count). The minimum atomic E-state index is -0.344. The van der Waals surface area contributed by atoms with E-state index in [1.165, 1.54) is 7.11 Å². The van der Waals surface area contributed by atoms with E-state index in [0.29, 0.717) is 6.54 Å². The van der Waals surface area contributed by atoms with Crippen LogP contribution in [0.4, 0.5) is 5.69 Å². The Labute approximate surface area is 150 Å². The third-order valence-electron chi connectivity index (χ3n) is 5.74. The molecular formula is C19H28BNO4. The fourth-order valence-corrected chi connectivity index (χ4v) is 3.39. The number of hydrogen-bond acceptors (Lipinski definition) is 5. The molecule has 5 nitrogen and oxygen atoms in total. The molecule has 1 aromatic carbocycles. The lowest BCUT2D eigenvalue weighted by Crippen LogP contribution is -2.41. The van der Waals surface area contributed by atoms with Gasteiger partial charge in [-0.25, -0.2) is 0 Å². The summed E-state index contributed by atoms with van der Waals surface area (Å²) < 4.78 is 17.1. The summed E-state index contributed by atoms with van der Waals surface area (Å²) in [6, 6.07) is 8.28. The summed E-state index contributed by atoms with van der Waals surface area (Å²) in [5.41, 5.74) is 1.46. The molecule has 2 heterocycles. The van der Waals surface area contributed by atoms with Crippen LogP contribution in [0.15, 0.2) is 24.3 Å². The van der Waals surface area contributed by atoms with E-state index in [4.69, 9.17) is 14.0 Å². The number of benzene rings is 1. The quantitative estimate of drug-likeness (QED) is 0.622. The lowest BCUT2D eigenvalue weighted by atomic mass is 9.79. The van der Waals surface area contributed by atoms with Crippen LogP contribution in [0.3, 0.4) is 0 Å². The van der Waals surface area contributed by atoms with Gasteiger partial charge in [-0.1, -0.05) is 12.1 Å². The molecular weight excluding hydrogens is 317 g/mol. The van der Waals surface area contributed by atoms with Crippen LogP contribution in [0.2, 0.25) is 0 Å². The molecule has 2 aliphatic heterocycles. The number of esters is 1. The highest BCUT2D eigenvalue weighted by molar-refractivity contribution is 6.62. The van der Waals surface area contributed by atoms with Crippen molar-refractivity contribution < 1.29 is 18.8 Å². The molecule has 136 valence electrons. The summed E-state index contributed by atoms with van der Waals surface area (Å²) in [7, 11) is 1.11. The molecule has 0 N–H and O–H groups in total. The Morgan fingerprint density at radius 1 is 1.16 bits per heavy atom. The summed E-state index contributed by atoms with van der Waals surface area (Å²) in [4.78, 5) is 14.1. The Morgan fingerprint density at radius 3 is 2.32 bits per heavy atom. The highest BCUT2D eigenvalue weighted by atomic mass is 16.7. The lowest BCUT2D eigenvalue weighted by molar-refractivity contribution is -0.145. The van der Waals surface area contributed by atoms with Gasteiger partial charge in [0.2, 0.25) is 0 Å². The van der Waals surface area contributed by atoms with Crippen molar-refractivity contribution in [3.8, 4) is 0 Å². The maximum atomic E-state index is 11.8. The van der Waals surface area contributed by atoms with E-state index >= 15 is 0 Å². The Balaban J connectivity index is 1.70. The minimum absolute atomic E-state index is 0.0403. The standard InChI is InChI=1S/C19H28BNO4/c1-18(2)19(3,4)25-20(24-18)15-8-10-16(11-9-15)21-12-6-7-14(13-21)17(22)23-5/h8-11,14H,6-7,12-13H2,1-5H3. The third kappa shape index (κ3) is 3.56. The highest BCUT2D eigenvalue weighted by Gasteiger charge is 2.51. The van der Waals surface area contributed by atoms with Crippen molar-refractivity contribution >= 4 is 24.2 Å². The van der Waals surface area contributed by atoms with Gasteiger partial charge in [0.05, 0.1) is 24.2 Å². The largest absolute Gasteiger partial charge is 0.494 e. The molecule has 25 heavy (non-hydrogen) atoms. The highest BCUT2D eigenvalue weighted by Crippen LogP contribution is 2.36. The summed E-state index contributed by atoms with van der Waals surface area (Å²) in [5, 5.41) is 0. The van der Waals surface area contributed by atoms with Crippen LogP contribution in [-0.2, 0) is 18.8 Å². The molecule has 6 heteroatoms. The SMILES string of the molecule is COC(=O)C1CCCN(c2ccc(B3OC(C)(C)C(C)(C)O3)cc2)C1. The molecule has 0 radical (unpaired) electrons. The third-order valence-corrected chi connectivity index (χ3v) is 5.74. The lowest BCUT2D eigenvalue weighted by Gasteiger charge is -2.33. The average Bonchev–Trinajstić information content (AvgIpc) is 2.82. The zero-order valence-electron chi connectivity index (χ0n) is 15.9. The molecule has 0 bridgehead atoms. The molecule has 0 amide bonds. The van der Waals surface area contributed by atoms with Crippen molar-refractivity contribution in [3.05, 3.63) is 24.3 Å². The second-order valence-corrected chi connectivity index (χ2v) is 7.99. The van der Waals surface area contributed by atoms with Gasteiger partial charge >= 0.3 is 13.1 Å². The smallest absolute Gasteiger partial charge is 0.469 e. The Hall–Kier alpha value is -1.53. The van der Waals surface area contributed by atoms with E-state index in [0.717, 1.165) is 30.5 Å². The number of hydrogen-bond donors (Lipinski definition) is 0. The van der Waals surface area contributed by atoms with E-state index in [1.54, 1.807) is 0 Å². The van der Waals surface area contributed by atoms with Gasteiger partial charge in [-0.3, -0.25) is 4.79 Å². The second kappa shape index (κ2) is 6.65. The van der Waals surface area contributed by atoms with Crippen molar-refractivity contribution in [3.63, 3.8) is 0 Å². The first-order valence-electron chi connectivity index (χ1n) is 9.02. The Kier molecular flexibility index (Phi) is 4.86. The van der Waals surface area contributed by atoms with E-state index < -0.39 is 0 Å². The first-order valence-corrected chi connectivity index (χ1v) is 9.02. The monoisotopic (exact) mass is 345 g/mol. The van der Waals surface area contributed by atoms with Gasteiger partial charge in [0, 0.05) is 18.8 Å². The maximum absolute atomic E-state index is 11.8. The average molecular weight is 345 g/mol. The van der Waals surface area contributed by atoms with Gasteiger partial charge in [-0.2, -0.15) is 0 Å². The molecule has 2 saturated heterocycles. The molecule has 1 unspecified atom stereocenters. The summed E-state index contributed by atoms with van der Waals surface area (Å²) in [6.07, 6.45) is 1.90. The number of piperidine rings is 1. The first kappa shape index (κ1) is 18.3. The fourth-order valence-electron chi connectivity index (χ4n) is 3.39. The van der Waals surface area contributed by atoms with Crippen molar-refractivity contribution in [2.75, 3.05) is 25.1 Å². The van der Waals surface area contributed by atoms with Crippen LogP contribution >= 0.6 is 0 Å². The number of nitrogens with zero attached hydrogens (tertiary/aromatic N) is 1. The summed E-state index contributed by atoms with van der Waals surface area (Å²) >= 11 is 0. The maximum Gasteiger partial charge on any atom is 0.494 e. The van der Waals surface area contributed by atoms with E-state index in [9.17, 15) is 4.79 Å². The molecule has 0 aromatic heterocycles. The number of anilines is 1. The molecule has 2 aliphatic rings. The van der Waals surface area contributed by atoms with Crippen molar-refractivity contribution in [1.82, 2.24) is 0 Å². The topological polar surface area (TPSA) is 48.0 Å². The first-order chi connectivity index (χ1) is 11.7. The van der Waals surface area contributed by atoms with Gasteiger partial charge in [-0.05, 0) is 58.1 Å². The zero-order chi connectivity index (χ0) is 18.2. The molecule has 1 aromatic rings. The van der Waals surface area contributed by atoms with Gasteiger partial charge < -0.3 is 18.9 Å². The van der Waals surface area contributed by atoms with Gasteiger partial charge in [0.25, 0.3) is 0 Å². The summed E-state index contributed by atoms with van der Waals surface area (Å²) in [5.74, 6) is -0.153. The van der Waals surface area contributed by atoms with Crippen LogP contribution in [0.5, 0.6) is 0 Å². The van der Waals surface area contributed by atoms with Crippen LogP contribution in [0, 0.1) is 5.92 Å². The van der Waals surface area contributed by atoms with Crippen LogP contribution < -0.4 is 10.4 Å². The number of carbonyl (C=O) groups is 1. The van der Waals surface area contributed by atoms with Gasteiger partial charge in [0.1, 0.15) is 0 Å². The van der Waals surface area contributed by atoms with E-state index in [2.05, 4.69) is 56.9 Å². The van der Waals surface area contributed by atoms with Crippen molar-refractivity contribution in [1.29, 1.82) is 0 Å². The van der Waals surface area contributed by atoms with Crippen molar-refractivity contribution in [2.45, 2.75) is 51.7 Å². The molecule has 0 saturated carbocycles. The predicted octanol–water partition coefficient (Wildman–Crippen LogP) is 2.38. The van der Waals surface area contributed by atoms with Crippen molar-refractivity contribution in [2.24, 2.45) is 5.92 Å². The van der Waals surface area contributed by atoms with Crippen LogP contribution in [0.1, 0.15) is 40.5 Å². The molecule has 0 aliphatic carbocycles. The molecule has 2 fully saturated rings. The second-order valence-electron chi connectivity index (χ2n) is 7.99. The fraction of sp³-hybridized carbons (Fsp3) is 0.632. The van der Waals surface area contributed by atoms with Crippen LogP contribution in [-0.4, -0.2) is 44.5 Å². The number of carbonyl (C=O) groups excluding carboxylic acids is 1. The predicted molar refractivity (Wildman–Crippen MR) is 99.1 cm³/mol. The van der Waals surface area contributed by atoms with Crippen LogP contribution in [0.25, 0.3) is 0 Å². The number of rotatable bonds is 3. The van der Waals surface area contributed by atoms with E-state index in [-0.39, 0.29) is 30.2 Å². The zero-order valence-corrected chi connectivity index (χ0v) is 15.9. The molecule has 0 spiro atoms. The van der Waals surface area contributed by atoms with E-state index in [1.807, 2.05) is 0 Å². The summed E-state index contributed by atoms with van der Waals surface area (Å²) in [6.45, 7) is 9.90. The minimum Gasteiger partial charge on any atom is -0.469 e. The normalized spacial score (nSPS) is 25.1. The van der Waals surface area contributed by atoms with Gasteiger partial charge in [0.15, 0.2) is 0 Å². The number of methoxy groups -OCH3 is 1. The molecule has 1 atom stereocenters. The Morgan fingerprint density at radius 2 is 1.76 bits per heavy atom. The number of ether oxygens (including phenoxy) is 1.